The monoisotopic (exact) mass is 311 g/mol. The maximum absolute atomic E-state index is 6.09. The van der Waals surface area contributed by atoms with Gasteiger partial charge in [-0.25, -0.2) is 0 Å². The Morgan fingerprint density at radius 3 is 2.83 bits per heavy atom. The van der Waals surface area contributed by atoms with Crippen molar-refractivity contribution in [2.24, 2.45) is 11.7 Å². The molecule has 0 saturated heterocycles. The molecule has 0 bridgehead atoms. The molecule has 2 aliphatic carbocycles. The van der Waals surface area contributed by atoms with E-state index in [1.807, 2.05) is 0 Å². The Morgan fingerprint density at radius 2 is 2.04 bits per heavy atom. The zero-order chi connectivity index (χ0) is 16.1. The van der Waals surface area contributed by atoms with E-state index in [1.165, 1.54) is 64.2 Å². The van der Waals surface area contributed by atoms with Crippen LogP contribution in [0.3, 0.4) is 0 Å². The molecule has 3 atom stereocenters. The van der Waals surface area contributed by atoms with Gasteiger partial charge < -0.3 is 5.73 Å². The molecule has 23 heavy (non-hydrogen) atoms. The van der Waals surface area contributed by atoms with Crippen molar-refractivity contribution >= 4 is 0 Å². The standard InChI is InChI=1S/C22H33N/c1-2-3-4-5-6-7-17-8-9-19-15-20(11-10-18(19)14-17)21-12-13-22(23)16-21/h6-7,10-11,15,17,21-22H,2-5,8-9,12-14,16,23H2,1H3/b7-6-/t17-,21?,22?/m0/s1. The van der Waals surface area contributed by atoms with Crippen LogP contribution in [-0.2, 0) is 12.8 Å². The first-order chi connectivity index (χ1) is 11.3. The van der Waals surface area contributed by atoms with Gasteiger partial charge >= 0.3 is 0 Å². The summed E-state index contributed by atoms with van der Waals surface area (Å²) in [6.45, 7) is 2.27. The summed E-state index contributed by atoms with van der Waals surface area (Å²) in [6, 6.07) is 7.72. The fourth-order valence-electron chi connectivity index (χ4n) is 4.34. The lowest BCUT2D eigenvalue weighted by Gasteiger charge is -2.24. The van der Waals surface area contributed by atoms with Crippen molar-refractivity contribution in [3.05, 3.63) is 47.0 Å². The van der Waals surface area contributed by atoms with Gasteiger partial charge in [-0.2, -0.15) is 0 Å². The van der Waals surface area contributed by atoms with Gasteiger partial charge in [0.25, 0.3) is 0 Å². The molecule has 2 unspecified atom stereocenters. The third kappa shape index (κ3) is 4.47. The van der Waals surface area contributed by atoms with Crippen molar-refractivity contribution in [1.82, 2.24) is 0 Å². The quantitative estimate of drug-likeness (QED) is 0.543. The van der Waals surface area contributed by atoms with Crippen molar-refractivity contribution in [3.8, 4) is 0 Å². The first kappa shape index (κ1) is 16.8. The van der Waals surface area contributed by atoms with Gasteiger partial charge in [0.15, 0.2) is 0 Å². The molecule has 3 rings (SSSR count). The van der Waals surface area contributed by atoms with E-state index in [-0.39, 0.29) is 0 Å². The van der Waals surface area contributed by atoms with Crippen molar-refractivity contribution in [2.45, 2.75) is 83.1 Å². The molecule has 1 saturated carbocycles. The molecule has 0 heterocycles. The SMILES string of the molecule is CCCCC/C=C\[C@H]1CCc2cc(C3CCC(N)C3)ccc2C1. The van der Waals surface area contributed by atoms with Gasteiger partial charge in [-0.15, -0.1) is 0 Å². The Morgan fingerprint density at radius 1 is 1.13 bits per heavy atom. The maximum atomic E-state index is 6.09. The van der Waals surface area contributed by atoms with Crippen LogP contribution in [0.15, 0.2) is 30.4 Å². The average Bonchev–Trinajstić information content (AvgIpc) is 3.00. The first-order valence-electron chi connectivity index (χ1n) is 9.80. The molecule has 1 fully saturated rings. The predicted octanol–water partition coefficient (Wildman–Crippen LogP) is 5.52. The van der Waals surface area contributed by atoms with E-state index in [9.17, 15) is 0 Å². The van der Waals surface area contributed by atoms with Crippen molar-refractivity contribution < 1.29 is 0 Å². The zero-order valence-corrected chi connectivity index (χ0v) is 14.8. The van der Waals surface area contributed by atoms with E-state index < -0.39 is 0 Å². The molecular formula is C22H33N. The molecule has 1 aromatic carbocycles. The molecule has 126 valence electrons. The second-order valence-corrected chi connectivity index (χ2v) is 7.73. The van der Waals surface area contributed by atoms with Gasteiger partial charge in [0.1, 0.15) is 0 Å². The molecule has 1 nitrogen and oxygen atoms in total. The Kier molecular flexibility index (Phi) is 5.94. The van der Waals surface area contributed by atoms with Gasteiger partial charge in [-0.05, 0) is 79.9 Å². The van der Waals surface area contributed by atoms with Gasteiger partial charge in [-0.1, -0.05) is 50.1 Å². The smallest absolute Gasteiger partial charge is 0.00448 e. The Hall–Kier alpha value is -1.08. The third-order valence-electron chi connectivity index (χ3n) is 5.82. The molecular weight excluding hydrogens is 278 g/mol. The largest absolute Gasteiger partial charge is 0.328 e. The van der Waals surface area contributed by atoms with Gasteiger partial charge in [-0.3, -0.25) is 0 Å². The second kappa shape index (κ2) is 8.15. The highest BCUT2D eigenvalue weighted by atomic mass is 14.6. The van der Waals surface area contributed by atoms with E-state index in [0.717, 1.165) is 5.92 Å². The lowest BCUT2D eigenvalue weighted by molar-refractivity contribution is 0.549. The molecule has 0 spiro atoms. The lowest BCUT2D eigenvalue weighted by atomic mass is 9.81. The maximum Gasteiger partial charge on any atom is 0.00448 e. The normalized spacial score (nSPS) is 27.5. The van der Waals surface area contributed by atoms with Crippen LogP contribution in [0, 0.1) is 5.92 Å². The number of aryl methyl sites for hydroxylation is 1. The number of nitrogens with two attached hydrogens (primary N) is 1. The fraction of sp³-hybridized carbons (Fsp3) is 0.636. The van der Waals surface area contributed by atoms with Gasteiger partial charge in [0, 0.05) is 6.04 Å². The minimum absolute atomic E-state index is 0.429. The lowest BCUT2D eigenvalue weighted by Crippen LogP contribution is -2.15. The molecule has 2 N–H and O–H groups in total. The summed E-state index contributed by atoms with van der Waals surface area (Å²) < 4.78 is 0. The number of hydrogen-bond donors (Lipinski definition) is 1. The number of benzene rings is 1. The number of hydrogen-bond acceptors (Lipinski definition) is 1. The molecule has 0 amide bonds. The van der Waals surface area contributed by atoms with Crippen molar-refractivity contribution in [3.63, 3.8) is 0 Å². The number of unbranched alkanes of at least 4 members (excludes halogenated alkanes) is 3. The summed E-state index contributed by atoms with van der Waals surface area (Å²) in [5, 5.41) is 0. The first-order valence-corrected chi connectivity index (χ1v) is 9.80. The minimum atomic E-state index is 0.429. The predicted molar refractivity (Wildman–Crippen MR) is 99.8 cm³/mol. The minimum Gasteiger partial charge on any atom is -0.328 e. The van der Waals surface area contributed by atoms with E-state index in [0.29, 0.717) is 12.0 Å². The van der Waals surface area contributed by atoms with E-state index >= 15 is 0 Å². The number of rotatable bonds is 6. The Bertz CT molecular complexity index is 531. The highest BCUT2D eigenvalue weighted by Gasteiger charge is 2.24. The number of fused-ring (bicyclic) bond motifs is 1. The third-order valence-corrected chi connectivity index (χ3v) is 5.82. The van der Waals surface area contributed by atoms with Crippen LogP contribution in [0.4, 0.5) is 0 Å². The molecule has 1 heteroatoms. The van der Waals surface area contributed by atoms with Gasteiger partial charge in [0.2, 0.25) is 0 Å². The van der Waals surface area contributed by atoms with Crippen LogP contribution < -0.4 is 5.73 Å². The van der Waals surface area contributed by atoms with Crippen molar-refractivity contribution in [1.29, 1.82) is 0 Å². The molecule has 0 aromatic heterocycles. The van der Waals surface area contributed by atoms with E-state index in [1.54, 1.807) is 16.7 Å². The summed E-state index contributed by atoms with van der Waals surface area (Å²) in [5.74, 6) is 1.47. The topological polar surface area (TPSA) is 26.0 Å². The average molecular weight is 312 g/mol. The highest BCUT2D eigenvalue weighted by molar-refractivity contribution is 5.36. The summed E-state index contributed by atoms with van der Waals surface area (Å²) in [4.78, 5) is 0. The summed E-state index contributed by atoms with van der Waals surface area (Å²) in [5.41, 5.74) is 10.8. The molecule has 0 radical (unpaired) electrons. The van der Waals surface area contributed by atoms with Gasteiger partial charge in [0.05, 0.1) is 0 Å². The van der Waals surface area contributed by atoms with E-state index in [2.05, 4.69) is 37.3 Å². The van der Waals surface area contributed by atoms with Crippen LogP contribution in [-0.4, -0.2) is 6.04 Å². The molecule has 0 aliphatic heterocycles. The van der Waals surface area contributed by atoms with E-state index in [4.69, 9.17) is 5.73 Å². The van der Waals surface area contributed by atoms with Crippen molar-refractivity contribution in [2.75, 3.05) is 0 Å². The fourth-order valence-corrected chi connectivity index (χ4v) is 4.34. The summed E-state index contributed by atoms with van der Waals surface area (Å²) in [6.07, 6.45) is 17.7. The molecule has 2 aliphatic rings. The Labute approximate surface area is 142 Å². The van der Waals surface area contributed by atoms with Crippen LogP contribution in [0.1, 0.15) is 80.9 Å². The van der Waals surface area contributed by atoms with Crippen LogP contribution >= 0.6 is 0 Å². The van der Waals surface area contributed by atoms with Crippen LogP contribution in [0.25, 0.3) is 0 Å². The molecule has 1 aromatic rings. The Balaban J connectivity index is 1.57. The summed E-state index contributed by atoms with van der Waals surface area (Å²) >= 11 is 0. The highest BCUT2D eigenvalue weighted by Crippen LogP contribution is 2.36. The second-order valence-electron chi connectivity index (χ2n) is 7.73. The van der Waals surface area contributed by atoms with Crippen LogP contribution in [0.5, 0.6) is 0 Å². The summed E-state index contributed by atoms with van der Waals surface area (Å²) in [7, 11) is 0. The number of allylic oxidation sites excluding steroid dienone is 2. The zero-order valence-electron chi connectivity index (χ0n) is 14.8. The van der Waals surface area contributed by atoms with Crippen LogP contribution in [0.2, 0.25) is 0 Å².